The molecule has 0 saturated carbocycles. The van der Waals surface area contributed by atoms with Gasteiger partial charge in [-0.05, 0) is 38.5 Å². The molecule has 2 rings (SSSR count). The molecule has 0 saturated heterocycles. The molecule has 2 heterocycles. The Labute approximate surface area is 113 Å². The lowest BCUT2D eigenvalue weighted by Crippen LogP contribution is -1.88. The number of halogens is 2. The quantitative estimate of drug-likeness (QED) is 0.675. The van der Waals surface area contributed by atoms with Crippen LogP contribution in [0.3, 0.4) is 0 Å². The third-order valence-electron chi connectivity index (χ3n) is 2.48. The van der Waals surface area contributed by atoms with Crippen LogP contribution in [0.25, 0.3) is 0 Å². The third kappa shape index (κ3) is 2.22. The molecule has 1 atom stereocenters. The molecule has 0 aliphatic rings. The molecule has 0 aromatic carbocycles. The van der Waals surface area contributed by atoms with Gasteiger partial charge in [0.25, 0.3) is 0 Å². The maximum absolute atomic E-state index is 6.08. The highest BCUT2D eigenvalue weighted by Crippen LogP contribution is 2.40. The van der Waals surface area contributed by atoms with Gasteiger partial charge in [-0.1, -0.05) is 27.5 Å². The van der Waals surface area contributed by atoms with Gasteiger partial charge in [-0.3, -0.25) is 0 Å². The van der Waals surface area contributed by atoms with Crippen LogP contribution in [0.1, 0.15) is 32.4 Å². The molecule has 4 heteroatoms. The predicted octanol–water partition coefficient (Wildman–Crippen LogP) is 5.40. The van der Waals surface area contributed by atoms with Gasteiger partial charge in [-0.2, -0.15) is 0 Å². The van der Waals surface area contributed by atoms with Crippen molar-refractivity contribution in [2.24, 2.45) is 0 Å². The van der Waals surface area contributed by atoms with Crippen LogP contribution in [0.5, 0.6) is 0 Å². The highest BCUT2D eigenvalue weighted by molar-refractivity contribution is 9.09. The lowest BCUT2D eigenvalue weighted by atomic mass is 10.1. The van der Waals surface area contributed by atoms with E-state index in [9.17, 15) is 0 Å². The fourth-order valence-corrected chi connectivity index (χ4v) is 3.75. The molecule has 2 aromatic heterocycles. The molecule has 16 heavy (non-hydrogen) atoms. The highest BCUT2D eigenvalue weighted by Gasteiger charge is 2.18. The molecule has 86 valence electrons. The smallest absolute Gasteiger partial charge is 0.105 e. The van der Waals surface area contributed by atoms with Crippen molar-refractivity contribution in [3.8, 4) is 0 Å². The van der Waals surface area contributed by atoms with E-state index < -0.39 is 0 Å². The summed E-state index contributed by atoms with van der Waals surface area (Å²) in [5, 5.41) is 0. The van der Waals surface area contributed by atoms with Gasteiger partial charge in [-0.25, -0.2) is 0 Å². The molecule has 0 fully saturated rings. The van der Waals surface area contributed by atoms with Crippen molar-refractivity contribution >= 4 is 38.9 Å². The van der Waals surface area contributed by atoms with Crippen LogP contribution in [-0.4, -0.2) is 0 Å². The Kier molecular flexibility index (Phi) is 3.48. The van der Waals surface area contributed by atoms with Gasteiger partial charge >= 0.3 is 0 Å². The first-order valence-electron chi connectivity index (χ1n) is 4.96. The van der Waals surface area contributed by atoms with Crippen molar-refractivity contribution in [2.45, 2.75) is 25.6 Å². The van der Waals surface area contributed by atoms with Crippen LogP contribution in [-0.2, 0) is 0 Å². The number of aryl methyl sites for hydroxylation is 3. The van der Waals surface area contributed by atoms with Gasteiger partial charge in [0.15, 0.2) is 0 Å². The maximum atomic E-state index is 6.08. The summed E-state index contributed by atoms with van der Waals surface area (Å²) in [6.07, 6.45) is 0. The Hall–Kier alpha value is -0.250. The summed E-state index contributed by atoms with van der Waals surface area (Å²) in [5.74, 6) is 1.90. The van der Waals surface area contributed by atoms with E-state index in [1.807, 2.05) is 20.8 Å². The number of hydrogen-bond donors (Lipinski definition) is 0. The molecule has 0 aliphatic carbocycles. The molecule has 0 amide bonds. The standard InChI is InChI=1S/C12H12BrClOS/c1-6-4-10(16-12(6)14)11(13)9-5-7(2)15-8(9)3/h4-5,11H,1-3H3. The molecule has 2 aromatic rings. The second-order valence-corrected chi connectivity index (χ2v) is 6.44. The Morgan fingerprint density at radius 1 is 1.31 bits per heavy atom. The van der Waals surface area contributed by atoms with E-state index in [4.69, 9.17) is 16.0 Å². The van der Waals surface area contributed by atoms with Crippen LogP contribution in [0, 0.1) is 20.8 Å². The van der Waals surface area contributed by atoms with Crippen LogP contribution in [0.15, 0.2) is 16.5 Å². The number of alkyl halides is 1. The number of hydrogen-bond acceptors (Lipinski definition) is 2. The molecular weight excluding hydrogens is 308 g/mol. The van der Waals surface area contributed by atoms with Crippen molar-refractivity contribution in [1.82, 2.24) is 0 Å². The van der Waals surface area contributed by atoms with Gasteiger partial charge in [-0.15, -0.1) is 11.3 Å². The normalized spacial score (nSPS) is 13.1. The minimum atomic E-state index is 0.168. The first kappa shape index (κ1) is 12.2. The highest BCUT2D eigenvalue weighted by atomic mass is 79.9. The molecule has 0 bridgehead atoms. The van der Waals surface area contributed by atoms with Crippen LogP contribution >= 0.6 is 38.9 Å². The molecule has 1 unspecified atom stereocenters. The molecular formula is C12H12BrClOS. The minimum Gasteiger partial charge on any atom is -0.466 e. The summed E-state index contributed by atoms with van der Waals surface area (Å²) in [6.45, 7) is 5.97. The zero-order chi connectivity index (χ0) is 11.9. The van der Waals surface area contributed by atoms with E-state index in [-0.39, 0.29) is 4.83 Å². The monoisotopic (exact) mass is 318 g/mol. The third-order valence-corrected chi connectivity index (χ3v) is 5.39. The average Bonchev–Trinajstić information content (AvgIpc) is 2.70. The lowest BCUT2D eigenvalue weighted by molar-refractivity contribution is 0.502. The second-order valence-electron chi connectivity index (χ2n) is 3.84. The van der Waals surface area contributed by atoms with E-state index >= 15 is 0 Å². The first-order valence-corrected chi connectivity index (χ1v) is 7.07. The topological polar surface area (TPSA) is 13.1 Å². The van der Waals surface area contributed by atoms with Crippen LogP contribution < -0.4 is 0 Å². The van der Waals surface area contributed by atoms with Gasteiger partial charge in [0.05, 0.1) is 9.16 Å². The van der Waals surface area contributed by atoms with E-state index in [2.05, 4.69) is 28.1 Å². The lowest BCUT2D eigenvalue weighted by Gasteiger charge is -2.05. The predicted molar refractivity (Wildman–Crippen MR) is 73.0 cm³/mol. The van der Waals surface area contributed by atoms with Gasteiger partial charge in [0.1, 0.15) is 11.5 Å². The Bertz CT molecular complexity index is 496. The van der Waals surface area contributed by atoms with Crippen LogP contribution in [0.2, 0.25) is 4.34 Å². The average molecular weight is 320 g/mol. The van der Waals surface area contributed by atoms with Crippen molar-refractivity contribution < 1.29 is 4.42 Å². The summed E-state index contributed by atoms with van der Waals surface area (Å²) in [5.41, 5.74) is 2.31. The Morgan fingerprint density at radius 2 is 2.00 bits per heavy atom. The maximum Gasteiger partial charge on any atom is 0.105 e. The van der Waals surface area contributed by atoms with Crippen molar-refractivity contribution in [3.63, 3.8) is 0 Å². The van der Waals surface area contributed by atoms with Gasteiger partial charge < -0.3 is 4.42 Å². The molecule has 0 spiro atoms. The first-order chi connectivity index (χ1) is 7.49. The van der Waals surface area contributed by atoms with E-state index in [1.165, 1.54) is 10.4 Å². The summed E-state index contributed by atoms with van der Waals surface area (Å²) in [6, 6.07) is 4.19. The van der Waals surface area contributed by atoms with E-state index in [0.29, 0.717) is 0 Å². The number of thiophene rings is 1. The molecule has 1 nitrogen and oxygen atoms in total. The van der Waals surface area contributed by atoms with E-state index in [1.54, 1.807) is 11.3 Å². The largest absolute Gasteiger partial charge is 0.466 e. The van der Waals surface area contributed by atoms with E-state index in [0.717, 1.165) is 21.4 Å². The molecule has 0 N–H and O–H groups in total. The Morgan fingerprint density at radius 3 is 2.44 bits per heavy atom. The van der Waals surface area contributed by atoms with Gasteiger partial charge in [0.2, 0.25) is 0 Å². The number of rotatable bonds is 2. The molecule has 0 aliphatic heterocycles. The number of furan rings is 1. The van der Waals surface area contributed by atoms with Crippen molar-refractivity contribution in [1.29, 1.82) is 0 Å². The molecule has 0 radical (unpaired) electrons. The fraction of sp³-hybridized carbons (Fsp3) is 0.333. The van der Waals surface area contributed by atoms with Crippen molar-refractivity contribution in [3.05, 3.63) is 44.0 Å². The zero-order valence-electron chi connectivity index (χ0n) is 9.30. The summed E-state index contributed by atoms with van der Waals surface area (Å²) in [4.78, 5) is 1.38. The summed E-state index contributed by atoms with van der Waals surface area (Å²) >= 11 is 11.4. The zero-order valence-corrected chi connectivity index (χ0v) is 12.5. The second kappa shape index (κ2) is 4.55. The SMILES string of the molecule is Cc1cc(C(Br)c2cc(C)c(Cl)s2)c(C)o1. The summed E-state index contributed by atoms with van der Waals surface area (Å²) < 4.78 is 6.39. The van der Waals surface area contributed by atoms with Crippen molar-refractivity contribution in [2.75, 3.05) is 0 Å². The fourth-order valence-electron chi connectivity index (χ4n) is 1.66. The van der Waals surface area contributed by atoms with Crippen LogP contribution in [0.4, 0.5) is 0 Å². The van der Waals surface area contributed by atoms with Gasteiger partial charge in [0, 0.05) is 10.4 Å². The minimum absolute atomic E-state index is 0.168. The summed E-state index contributed by atoms with van der Waals surface area (Å²) in [7, 11) is 0. The Balaban J connectivity index is 2.38.